The second-order valence-corrected chi connectivity index (χ2v) is 15.8. The molecular weight excluding hydrogens is 376 g/mol. The van der Waals surface area contributed by atoms with Gasteiger partial charge in [0.2, 0.25) is 0 Å². The van der Waals surface area contributed by atoms with Gasteiger partial charge in [0.15, 0.2) is 0 Å². The van der Waals surface area contributed by atoms with Crippen LogP contribution in [0.3, 0.4) is 0 Å². The first-order valence-electron chi connectivity index (χ1n) is 13.9. The van der Waals surface area contributed by atoms with Gasteiger partial charge in [0.1, 0.15) is 0 Å². The highest BCUT2D eigenvalue weighted by molar-refractivity contribution is 5.24. The smallest absolute Gasteiger partial charge is 0.0976 e. The van der Waals surface area contributed by atoms with Crippen molar-refractivity contribution in [1.82, 2.24) is 0 Å². The number of fused-ring (bicyclic) bond motifs is 9. The minimum Gasteiger partial charge on any atom is -0.366 e. The fourth-order valence-electron chi connectivity index (χ4n) is 11.8. The highest BCUT2D eigenvalue weighted by atomic mass is 16.6. The van der Waals surface area contributed by atoms with Crippen LogP contribution in [0.4, 0.5) is 0 Å². The second kappa shape index (κ2) is 5.78. The van der Waals surface area contributed by atoms with Crippen LogP contribution in [0.1, 0.15) is 126 Å². The summed E-state index contributed by atoms with van der Waals surface area (Å²) in [4.78, 5) is 0. The maximum absolute atomic E-state index is 6.42. The van der Waals surface area contributed by atoms with Crippen molar-refractivity contribution < 1.29 is 4.74 Å². The molecule has 0 spiro atoms. The van der Waals surface area contributed by atoms with Gasteiger partial charge in [-0.1, -0.05) is 48.5 Å². The highest BCUT2D eigenvalue weighted by Gasteiger charge is 2.76. The van der Waals surface area contributed by atoms with Crippen molar-refractivity contribution in [3.05, 3.63) is 0 Å². The van der Waals surface area contributed by atoms with Gasteiger partial charge in [0, 0.05) is 5.41 Å². The Bertz CT molecular complexity index is 800. The van der Waals surface area contributed by atoms with E-state index in [1.165, 1.54) is 70.6 Å². The largest absolute Gasteiger partial charge is 0.366 e. The molecule has 0 amide bonds. The summed E-state index contributed by atoms with van der Waals surface area (Å²) in [5.74, 6) is 2.69. The van der Waals surface area contributed by atoms with E-state index in [4.69, 9.17) is 4.74 Å². The molecule has 176 valence electrons. The molecule has 1 heterocycles. The Morgan fingerprint density at radius 3 is 1.90 bits per heavy atom. The SMILES string of the molecule is CC1(C)CC[C@]2(C)CC[C@]3(C)[C@H]4CC[C@@]5(C)[C@@H](CC[C@@H]6O[C@@]65C)[C@]4(C)CC[C@@]3(C)[C@@H]2C1. The van der Waals surface area contributed by atoms with Gasteiger partial charge in [0.05, 0.1) is 11.7 Å². The average Bonchev–Trinajstić information content (AvgIpc) is 3.38. The van der Waals surface area contributed by atoms with Gasteiger partial charge in [-0.3, -0.25) is 0 Å². The average molecular weight is 427 g/mol. The van der Waals surface area contributed by atoms with Crippen LogP contribution in [-0.2, 0) is 4.74 Å². The zero-order valence-electron chi connectivity index (χ0n) is 22.0. The molecule has 6 rings (SSSR count). The van der Waals surface area contributed by atoms with Crippen LogP contribution in [-0.4, -0.2) is 11.7 Å². The third-order valence-electron chi connectivity index (χ3n) is 14.3. The number of hydrogen-bond donors (Lipinski definition) is 0. The summed E-state index contributed by atoms with van der Waals surface area (Å²) >= 11 is 0. The molecule has 0 radical (unpaired) electrons. The molecule has 31 heavy (non-hydrogen) atoms. The minimum absolute atomic E-state index is 0.185. The molecule has 0 aromatic rings. The predicted molar refractivity (Wildman–Crippen MR) is 129 cm³/mol. The van der Waals surface area contributed by atoms with Crippen LogP contribution in [0.15, 0.2) is 0 Å². The summed E-state index contributed by atoms with van der Waals surface area (Å²) < 4.78 is 6.42. The molecule has 0 aromatic carbocycles. The van der Waals surface area contributed by atoms with E-state index in [9.17, 15) is 0 Å². The van der Waals surface area contributed by atoms with Crippen LogP contribution in [0.25, 0.3) is 0 Å². The van der Waals surface area contributed by atoms with Crippen molar-refractivity contribution in [2.75, 3.05) is 0 Å². The molecule has 1 heteroatoms. The molecule has 1 saturated heterocycles. The fraction of sp³-hybridized carbons (Fsp3) is 1.00. The Morgan fingerprint density at radius 2 is 1.16 bits per heavy atom. The summed E-state index contributed by atoms with van der Waals surface area (Å²) in [6.45, 7) is 21.3. The monoisotopic (exact) mass is 426 g/mol. The molecule has 6 fully saturated rings. The van der Waals surface area contributed by atoms with Gasteiger partial charge in [-0.2, -0.15) is 0 Å². The zero-order valence-corrected chi connectivity index (χ0v) is 22.0. The van der Waals surface area contributed by atoms with E-state index in [0.717, 1.165) is 17.8 Å². The first-order chi connectivity index (χ1) is 14.2. The lowest BCUT2D eigenvalue weighted by Crippen LogP contribution is -2.68. The molecule has 10 atom stereocenters. The van der Waals surface area contributed by atoms with Gasteiger partial charge < -0.3 is 4.74 Å². The predicted octanol–water partition coefficient (Wildman–Crippen LogP) is 8.41. The van der Waals surface area contributed by atoms with E-state index in [1.807, 2.05) is 0 Å². The Balaban J connectivity index is 1.40. The molecule has 6 aliphatic rings. The fourth-order valence-corrected chi connectivity index (χ4v) is 11.8. The van der Waals surface area contributed by atoms with Crippen LogP contribution >= 0.6 is 0 Å². The van der Waals surface area contributed by atoms with Crippen molar-refractivity contribution in [1.29, 1.82) is 0 Å². The first-order valence-corrected chi connectivity index (χ1v) is 13.9. The third-order valence-corrected chi connectivity index (χ3v) is 14.3. The van der Waals surface area contributed by atoms with Gasteiger partial charge in [-0.25, -0.2) is 0 Å². The normalized spacial score (nSPS) is 64.3. The van der Waals surface area contributed by atoms with E-state index in [-0.39, 0.29) is 5.60 Å². The molecule has 0 aromatic heterocycles. The summed E-state index contributed by atoms with van der Waals surface area (Å²) in [5, 5.41) is 0. The maximum atomic E-state index is 6.42. The molecular formula is C30H50O. The Morgan fingerprint density at radius 1 is 0.548 bits per heavy atom. The van der Waals surface area contributed by atoms with Crippen LogP contribution < -0.4 is 0 Å². The summed E-state index contributed by atoms with van der Waals surface area (Å²) in [6.07, 6.45) is 16.5. The molecule has 1 nitrogen and oxygen atoms in total. The summed E-state index contributed by atoms with van der Waals surface area (Å²) in [7, 11) is 0. The van der Waals surface area contributed by atoms with E-state index in [2.05, 4.69) is 55.4 Å². The molecule has 5 aliphatic carbocycles. The standard InChI is InChI=1S/C30H50O/c1-24(2)13-14-25(3)15-17-27(5)21-11-12-29(7)20(9-10-23-30(29,8)31-23)26(21,4)16-18-28(27,6)22(25)19-24/h20-23H,9-19H2,1-8H3/t20-,21-,22+,23-,25+,26-,27+,28-,29-,30-/m0/s1. The van der Waals surface area contributed by atoms with Gasteiger partial charge in [-0.05, 0) is 122 Å². The topological polar surface area (TPSA) is 12.5 Å². The van der Waals surface area contributed by atoms with E-state index in [0.29, 0.717) is 38.6 Å². The Hall–Kier alpha value is -0.0400. The highest BCUT2D eigenvalue weighted by Crippen LogP contribution is 2.80. The van der Waals surface area contributed by atoms with Crippen LogP contribution in [0.5, 0.6) is 0 Å². The Kier molecular flexibility index (Phi) is 4.00. The number of rotatable bonds is 0. The van der Waals surface area contributed by atoms with Crippen LogP contribution in [0, 0.1) is 50.2 Å². The Labute approximate surface area is 192 Å². The number of epoxide rings is 1. The zero-order chi connectivity index (χ0) is 22.3. The number of ether oxygens (including phenoxy) is 1. The second-order valence-electron chi connectivity index (χ2n) is 15.8. The molecule has 5 saturated carbocycles. The molecule has 0 bridgehead atoms. The summed E-state index contributed by atoms with van der Waals surface area (Å²) in [6, 6.07) is 0. The molecule has 0 N–H and O–H groups in total. The first kappa shape index (κ1) is 21.5. The quantitative estimate of drug-likeness (QED) is 0.354. The molecule has 0 unspecified atom stereocenters. The lowest BCUT2D eigenvalue weighted by Gasteiger charge is -2.74. The van der Waals surface area contributed by atoms with Gasteiger partial charge in [0.25, 0.3) is 0 Å². The summed E-state index contributed by atoms with van der Waals surface area (Å²) in [5.41, 5.74) is 3.26. The van der Waals surface area contributed by atoms with E-state index in [1.54, 1.807) is 0 Å². The van der Waals surface area contributed by atoms with Crippen molar-refractivity contribution in [3.8, 4) is 0 Å². The van der Waals surface area contributed by atoms with Crippen molar-refractivity contribution in [2.24, 2.45) is 50.2 Å². The van der Waals surface area contributed by atoms with Crippen molar-refractivity contribution in [3.63, 3.8) is 0 Å². The number of hydrogen-bond acceptors (Lipinski definition) is 1. The van der Waals surface area contributed by atoms with Crippen LogP contribution in [0.2, 0.25) is 0 Å². The minimum atomic E-state index is 0.185. The van der Waals surface area contributed by atoms with E-state index >= 15 is 0 Å². The third kappa shape index (κ3) is 2.34. The van der Waals surface area contributed by atoms with Crippen molar-refractivity contribution in [2.45, 2.75) is 138 Å². The van der Waals surface area contributed by atoms with E-state index < -0.39 is 0 Å². The lowest BCUT2D eigenvalue weighted by atomic mass is 9.30. The van der Waals surface area contributed by atoms with Gasteiger partial charge in [-0.15, -0.1) is 0 Å². The molecule has 1 aliphatic heterocycles. The maximum Gasteiger partial charge on any atom is 0.0976 e. The van der Waals surface area contributed by atoms with Crippen molar-refractivity contribution >= 4 is 0 Å². The lowest BCUT2D eigenvalue weighted by molar-refractivity contribution is -0.256. The van der Waals surface area contributed by atoms with Gasteiger partial charge >= 0.3 is 0 Å².